The lowest BCUT2D eigenvalue weighted by Gasteiger charge is -2.32. The van der Waals surface area contributed by atoms with Gasteiger partial charge in [0.1, 0.15) is 0 Å². The molecule has 0 unspecified atom stereocenters. The van der Waals surface area contributed by atoms with Gasteiger partial charge in [-0.05, 0) is 85.6 Å². The Morgan fingerprint density at radius 2 is 1.35 bits per heavy atom. The van der Waals surface area contributed by atoms with Crippen LogP contribution in [0.1, 0.15) is 45.7 Å². The van der Waals surface area contributed by atoms with E-state index < -0.39 is 0 Å². The van der Waals surface area contributed by atoms with E-state index >= 15 is 0 Å². The van der Waals surface area contributed by atoms with Crippen molar-refractivity contribution in [1.82, 2.24) is 0 Å². The quantitative estimate of drug-likeness (QED) is 0.290. The highest BCUT2D eigenvalue weighted by molar-refractivity contribution is 6.62. The van der Waals surface area contributed by atoms with E-state index in [1.807, 2.05) is 25.1 Å². The fraction of sp³-hybridized carbons (Fsp3) is 0.226. The van der Waals surface area contributed by atoms with Crippen LogP contribution in [0.25, 0.3) is 22.3 Å². The second-order valence-corrected chi connectivity index (χ2v) is 9.79. The average Bonchev–Trinajstić information content (AvgIpc) is 3.06. The minimum atomic E-state index is -0.374. The van der Waals surface area contributed by atoms with Crippen LogP contribution >= 0.6 is 0 Å². The molecule has 1 heterocycles. The van der Waals surface area contributed by atoms with Crippen molar-refractivity contribution in [2.45, 2.75) is 45.8 Å². The van der Waals surface area contributed by atoms with E-state index in [-0.39, 0.29) is 18.3 Å². The summed E-state index contributed by atoms with van der Waals surface area (Å²) in [6.07, 6.45) is 6.35. The molecular formula is C31H33BO2. The van der Waals surface area contributed by atoms with E-state index in [1.54, 1.807) is 0 Å². The maximum Gasteiger partial charge on any atom is 0.494 e. The maximum absolute atomic E-state index is 6.27. The lowest BCUT2D eigenvalue weighted by molar-refractivity contribution is 0.00578. The Balaban J connectivity index is 1.65. The van der Waals surface area contributed by atoms with Crippen molar-refractivity contribution in [3.63, 3.8) is 0 Å². The van der Waals surface area contributed by atoms with Crippen LogP contribution in [-0.2, 0) is 9.31 Å². The van der Waals surface area contributed by atoms with E-state index in [4.69, 9.17) is 9.31 Å². The molecular weight excluding hydrogens is 415 g/mol. The van der Waals surface area contributed by atoms with Crippen molar-refractivity contribution in [2.24, 2.45) is 0 Å². The summed E-state index contributed by atoms with van der Waals surface area (Å²) in [6, 6.07) is 27.3. The van der Waals surface area contributed by atoms with E-state index in [0.29, 0.717) is 0 Å². The highest BCUT2D eigenvalue weighted by Crippen LogP contribution is 2.36. The van der Waals surface area contributed by atoms with Gasteiger partial charge in [-0.3, -0.25) is 0 Å². The van der Waals surface area contributed by atoms with Crippen LogP contribution in [0.4, 0.5) is 0 Å². The van der Waals surface area contributed by atoms with Crippen LogP contribution in [0.3, 0.4) is 0 Å². The molecule has 0 saturated carbocycles. The van der Waals surface area contributed by atoms with Crippen molar-refractivity contribution in [3.8, 4) is 11.1 Å². The molecule has 1 fully saturated rings. The van der Waals surface area contributed by atoms with E-state index in [1.165, 1.54) is 0 Å². The third-order valence-corrected chi connectivity index (χ3v) is 6.76. The van der Waals surface area contributed by atoms with Gasteiger partial charge in [-0.15, -0.1) is 0 Å². The zero-order valence-electron chi connectivity index (χ0n) is 20.8. The molecule has 0 amide bonds. The minimum Gasteiger partial charge on any atom is -0.399 e. The second kappa shape index (κ2) is 9.62. The van der Waals surface area contributed by atoms with Crippen LogP contribution in [0.5, 0.6) is 0 Å². The van der Waals surface area contributed by atoms with Crippen molar-refractivity contribution in [3.05, 3.63) is 115 Å². The Morgan fingerprint density at radius 3 is 2.00 bits per heavy atom. The molecule has 3 aromatic carbocycles. The monoisotopic (exact) mass is 448 g/mol. The fourth-order valence-corrected chi connectivity index (χ4v) is 4.05. The summed E-state index contributed by atoms with van der Waals surface area (Å²) in [7, 11) is -0.374. The second-order valence-electron chi connectivity index (χ2n) is 9.79. The van der Waals surface area contributed by atoms with E-state index in [0.717, 1.165) is 38.9 Å². The van der Waals surface area contributed by atoms with Crippen LogP contribution < -0.4 is 5.46 Å². The molecule has 4 rings (SSSR count). The number of hydrogen-bond donors (Lipinski definition) is 0. The molecule has 0 radical (unpaired) electrons. The molecule has 0 N–H and O–H groups in total. The predicted octanol–water partition coefficient (Wildman–Crippen LogP) is 7.33. The van der Waals surface area contributed by atoms with Crippen LogP contribution in [0.2, 0.25) is 0 Å². The van der Waals surface area contributed by atoms with Gasteiger partial charge in [0.2, 0.25) is 0 Å². The molecule has 34 heavy (non-hydrogen) atoms. The van der Waals surface area contributed by atoms with Gasteiger partial charge in [-0.1, -0.05) is 91.5 Å². The summed E-state index contributed by atoms with van der Waals surface area (Å²) in [4.78, 5) is 0. The summed E-state index contributed by atoms with van der Waals surface area (Å²) in [5.41, 5.74) is 6.98. The third kappa shape index (κ3) is 5.01. The summed E-state index contributed by atoms with van der Waals surface area (Å²) < 4.78 is 12.5. The first kappa shape index (κ1) is 24.0. The third-order valence-electron chi connectivity index (χ3n) is 6.76. The van der Waals surface area contributed by atoms with Gasteiger partial charge < -0.3 is 9.31 Å². The highest BCUT2D eigenvalue weighted by Gasteiger charge is 2.51. The molecule has 1 saturated heterocycles. The normalized spacial score (nSPS) is 17.3. The molecule has 0 atom stereocenters. The van der Waals surface area contributed by atoms with Gasteiger partial charge in [0, 0.05) is 0 Å². The summed E-state index contributed by atoms with van der Waals surface area (Å²) >= 11 is 0. The molecule has 0 aliphatic carbocycles. The Hall–Kier alpha value is -3.14. The topological polar surface area (TPSA) is 18.5 Å². The van der Waals surface area contributed by atoms with Gasteiger partial charge in [-0.2, -0.15) is 0 Å². The first-order valence-electron chi connectivity index (χ1n) is 11.9. The number of allylic oxidation sites excluding steroid dienone is 5. The lowest BCUT2D eigenvalue weighted by atomic mass is 9.78. The smallest absolute Gasteiger partial charge is 0.399 e. The first-order valence-corrected chi connectivity index (χ1v) is 11.9. The Labute approximate surface area is 204 Å². The minimum absolute atomic E-state index is 0.360. The highest BCUT2D eigenvalue weighted by atomic mass is 16.7. The number of rotatable bonds is 6. The zero-order valence-corrected chi connectivity index (χ0v) is 20.8. The molecule has 0 bridgehead atoms. The molecule has 3 aromatic rings. The van der Waals surface area contributed by atoms with Crippen molar-refractivity contribution < 1.29 is 9.31 Å². The van der Waals surface area contributed by atoms with Gasteiger partial charge in [-0.25, -0.2) is 0 Å². The molecule has 3 heteroatoms. The molecule has 1 aliphatic heterocycles. The van der Waals surface area contributed by atoms with Gasteiger partial charge in [0.25, 0.3) is 0 Å². The van der Waals surface area contributed by atoms with Crippen LogP contribution in [0.15, 0.2) is 104 Å². The van der Waals surface area contributed by atoms with Crippen LogP contribution in [0, 0.1) is 0 Å². The van der Waals surface area contributed by atoms with Crippen molar-refractivity contribution in [1.29, 1.82) is 0 Å². The molecule has 0 spiro atoms. The summed E-state index contributed by atoms with van der Waals surface area (Å²) in [6.45, 7) is 14.7. The Kier molecular flexibility index (Phi) is 6.79. The molecule has 2 nitrogen and oxygen atoms in total. The van der Waals surface area contributed by atoms with Gasteiger partial charge in [0.05, 0.1) is 11.2 Å². The summed E-state index contributed by atoms with van der Waals surface area (Å²) in [5, 5.41) is 0. The molecule has 1 aliphatic rings. The Morgan fingerprint density at radius 1 is 0.765 bits per heavy atom. The standard InChI is InChI=1S/C31H33BO2/c1-7-13-25(20-23(2)24-14-9-8-10-15-24)26-16-11-17-27(21-26)28-18-12-19-29(22-28)32-33-30(3,4)31(5,6)34-32/h7-22H,2H2,1,3-6H3/b13-7-,25-20+. The molecule has 172 valence electrons. The van der Waals surface area contributed by atoms with Crippen molar-refractivity contribution in [2.75, 3.05) is 0 Å². The summed E-state index contributed by atoms with van der Waals surface area (Å²) in [5.74, 6) is 0. The predicted molar refractivity (Wildman–Crippen MR) is 146 cm³/mol. The average molecular weight is 448 g/mol. The SMILES string of the molecule is C=C(/C=C(\C=C/C)c1cccc(-c2cccc(B3OC(C)(C)C(C)(C)O3)c2)c1)c1ccccc1. The van der Waals surface area contributed by atoms with Gasteiger partial charge in [0.15, 0.2) is 0 Å². The maximum atomic E-state index is 6.27. The van der Waals surface area contributed by atoms with Gasteiger partial charge >= 0.3 is 7.12 Å². The molecule has 0 aromatic heterocycles. The van der Waals surface area contributed by atoms with Crippen LogP contribution in [-0.4, -0.2) is 18.3 Å². The van der Waals surface area contributed by atoms with Crippen molar-refractivity contribution >= 4 is 23.7 Å². The Bertz CT molecular complexity index is 1220. The fourth-order valence-electron chi connectivity index (χ4n) is 4.05. The van der Waals surface area contributed by atoms with E-state index in [9.17, 15) is 0 Å². The zero-order chi connectivity index (χ0) is 24.3. The van der Waals surface area contributed by atoms with E-state index in [2.05, 4.69) is 113 Å². The lowest BCUT2D eigenvalue weighted by Crippen LogP contribution is -2.41. The number of benzene rings is 3. The first-order chi connectivity index (χ1) is 16.2. The largest absolute Gasteiger partial charge is 0.494 e. The number of hydrogen-bond acceptors (Lipinski definition) is 2.